The quantitative estimate of drug-likeness (QED) is 0.130. The normalized spacial score (nSPS) is 14.9. The van der Waals surface area contributed by atoms with Crippen molar-refractivity contribution >= 4 is 89.6 Å². The van der Waals surface area contributed by atoms with Gasteiger partial charge in [-0.05, 0) is 123 Å². The van der Waals surface area contributed by atoms with Gasteiger partial charge < -0.3 is 42.5 Å². The van der Waals surface area contributed by atoms with Gasteiger partial charge in [0.15, 0.2) is 0 Å². The van der Waals surface area contributed by atoms with Crippen molar-refractivity contribution in [3.05, 3.63) is 97.1 Å². The molecule has 7 aliphatic heterocycles. The Morgan fingerprint density at radius 2 is 0.533 bits per heavy atom. The van der Waals surface area contributed by atoms with E-state index in [0.29, 0.717) is 51.9 Å². The standard InChI is InChI=1S/C44H56N8O4S4/c45-25-21-41(53)49-29-1-2-30-50(42(54)22-26-46)34-7-15-38(16-8-34)58-60-40-19-11-36(12-20-40)52(44(56)24-28-48)32-4-3-31-51(43(55)23-27-47)35-9-17-39(18-10-35)59-57-37-13-5-33(49)6-14-37/h5-20H,1-4,21-32,45-48H2. The lowest BCUT2D eigenvalue weighted by atomic mass is 10.2. The lowest BCUT2D eigenvalue weighted by molar-refractivity contribution is -0.119. The van der Waals surface area contributed by atoms with Gasteiger partial charge in [0.05, 0.1) is 0 Å². The Labute approximate surface area is 369 Å². The summed E-state index contributed by atoms with van der Waals surface area (Å²) in [6.07, 6.45) is 3.68. The van der Waals surface area contributed by atoms with E-state index in [9.17, 15) is 19.2 Å². The van der Waals surface area contributed by atoms with E-state index in [1.807, 2.05) is 97.1 Å². The number of carbonyl (C=O) groups is 4. The van der Waals surface area contributed by atoms with Crippen LogP contribution in [0.25, 0.3) is 0 Å². The summed E-state index contributed by atoms with van der Waals surface area (Å²) in [6.45, 7) is 3.00. The number of hydrogen-bond acceptors (Lipinski definition) is 12. The van der Waals surface area contributed by atoms with Gasteiger partial charge in [0.2, 0.25) is 23.6 Å². The Balaban J connectivity index is 1.39. The first-order valence-corrected chi connectivity index (χ1v) is 24.7. The smallest absolute Gasteiger partial charge is 0.228 e. The number of nitrogens with zero attached hydrogens (tertiary/aromatic N) is 4. The third kappa shape index (κ3) is 14.0. The molecular weight excluding hydrogens is 833 g/mol. The number of benzene rings is 4. The summed E-state index contributed by atoms with van der Waals surface area (Å²) in [7, 11) is 6.43. The van der Waals surface area contributed by atoms with E-state index in [0.717, 1.165) is 42.3 Å². The maximum atomic E-state index is 13.3. The van der Waals surface area contributed by atoms with Crippen molar-refractivity contribution in [2.45, 2.75) is 70.9 Å². The van der Waals surface area contributed by atoms with Gasteiger partial charge in [-0.3, -0.25) is 19.2 Å². The molecule has 4 aromatic rings. The van der Waals surface area contributed by atoms with Crippen molar-refractivity contribution in [3.63, 3.8) is 0 Å². The lowest BCUT2D eigenvalue weighted by Gasteiger charge is -2.26. The van der Waals surface area contributed by atoms with Crippen molar-refractivity contribution in [2.75, 3.05) is 72.0 Å². The second-order valence-corrected chi connectivity index (χ2v) is 18.6. The summed E-state index contributed by atoms with van der Waals surface area (Å²) >= 11 is 0. The topological polar surface area (TPSA) is 185 Å². The van der Waals surface area contributed by atoms with Crippen LogP contribution in [0, 0.1) is 0 Å². The zero-order valence-corrected chi connectivity index (χ0v) is 37.2. The Bertz CT molecular complexity index is 1690. The number of anilines is 4. The fourth-order valence-electron chi connectivity index (χ4n) is 6.62. The SMILES string of the molecule is NCCC(=O)N1CCCCN(C(=O)CCN)c2ccc(cc2)SSc2ccc(cc2)N(C(=O)CCN)CCCCN(C(=O)CCN)c2ccc(cc2)SSc2ccc1cc2. The van der Waals surface area contributed by atoms with E-state index in [2.05, 4.69) is 0 Å². The second kappa shape index (κ2) is 25.1. The highest BCUT2D eigenvalue weighted by Gasteiger charge is 2.20. The monoisotopic (exact) mass is 888 g/mol. The largest absolute Gasteiger partial charge is 0.330 e. The molecule has 60 heavy (non-hydrogen) atoms. The molecule has 320 valence electrons. The van der Waals surface area contributed by atoms with Crippen LogP contribution in [0.5, 0.6) is 0 Å². The first kappa shape index (κ1) is 47.1. The van der Waals surface area contributed by atoms with Gasteiger partial charge >= 0.3 is 0 Å². The minimum atomic E-state index is -0.0407. The van der Waals surface area contributed by atoms with Crippen molar-refractivity contribution < 1.29 is 19.2 Å². The van der Waals surface area contributed by atoms with E-state index in [4.69, 9.17) is 22.9 Å². The van der Waals surface area contributed by atoms with E-state index in [-0.39, 0.29) is 75.5 Å². The van der Waals surface area contributed by atoms with Crippen molar-refractivity contribution in [1.29, 1.82) is 0 Å². The number of amides is 4. The Hall–Kier alpha value is -4.00. The molecule has 16 heteroatoms. The first-order valence-electron chi connectivity index (χ1n) is 20.4. The molecule has 0 aromatic heterocycles. The summed E-state index contributed by atoms with van der Waals surface area (Å²) in [5.74, 6) is -0.163. The number of hydrogen-bond donors (Lipinski definition) is 4. The van der Waals surface area contributed by atoms with E-state index >= 15 is 0 Å². The maximum absolute atomic E-state index is 13.3. The molecule has 0 aliphatic carbocycles. The number of nitrogens with two attached hydrogens (primary N) is 4. The fraction of sp³-hybridized carbons (Fsp3) is 0.364. The predicted molar refractivity (Wildman–Crippen MR) is 252 cm³/mol. The van der Waals surface area contributed by atoms with Crippen LogP contribution in [0.1, 0.15) is 51.4 Å². The molecule has 7 aliphatic rings. The third-order valence-corrected chi connectivity index (χ3v) is 14.6. The van der Waals surface area contributed by atoms with Crippen LogP contribution in [0.15, 0.2) is 117 Å². The molecule has 12 nitrogen and oxygen atoms in total. The van der Waals surface area contributed by atoms with Gasteiger partial charge in [0, 0.05) is 120 Å². The summed E-state index contributed by atoms with van der Waals surface area (Å²) in [5, 5.41) is 0. The van der Waals surface area contributed by atoms with Crippen LogP contribution >= 0.6 is 43.2 Å². The van der Waals surface area contributed by atoms with Gasteiger partial charge in [-0.15, -0.1) is 0 Å². The highest BCUT2D eigenvalue weighted by molar-refractivity contribution is 8.77. The molecular formula is C44H56N8O4S4. The van der Waals surface area contributed by atoms with Gasteiger partial charge in [0.25, 0.3) is 0 Å². The highest BCUT2D eigenvalue weighted by atomic mass is 33.1. The minimum absolute atomic E-state index is 0.0407. The lowest BCUT2D eigenvalue weighted by Crippen LogP contribution is -2.35. The van der Waals surface area contributed by atoms with Crippen molar-refractivity contribution in [3.8, 4) is 0 Å². The zero-order chi connectivity index (χ0) is 42.7. The minimum Gasteiger partial charge on any atom is -0.330 e. The molecule has 0 fully saturated rings. The van der Waals surface area contributed by atoms with E-state index in [1.165, 1.54) is 0 Å². The molecule has 8 bridgehead atoms. The van der Waals surface area contributed by atoms with Crippen LogP contribution in [0.3, 0.4) is 0 Å². The highest BCUT2D eigenvalue weighted by Crippen LogP contribution is 2.40. The molecule has 0 atom stereocenters. The predicted octanol–water partition coefficient (Wildman–Crippen LogP) is 7.29. The fourth-order valence-corrected chi connectivity index (χ4v) is 10.5. The Morgan fingerprint density at radius 3 is 0.700 bits per heavy atom. The molecule has 8 N–H and O–H groups in total. The van der Waals surface area contributed by atoms with Gasteiger partial charge in [-0.1, -0.05) is 43.2 Å². The molecule has 0 spiro atoms. The third-order valence-electron chi connectivity index (χ3n) is 9.73. The van der Waals surface area contributed by atoms with Gasteiger partial charge in [-0.25, -0.2) is 0 Å². The Kier molecular flexibility index (Phi) is 19.7. The van der Waals surface area contributed by atoms with Gasteiger partial charge in [0.1, 0.15) is 0 Å². The van der Waals surface area contributed by atoms with Gasteiger partial charge in [-0.2, -0.15) is 0 Å². The molecule has 7 heterocycles. The van der Waals surface area contributed by atoms with Crippen LogP contribution in [-0.4, -0.2) is 76.0 Å². The second-order valence-electron chi connectivity index (χ2n) is 14.1. The van der Waals surface area contributed by atoms with Crippen LogP contribution in [0.4, 0.5) is 22.7 Å². The summed E-state index contributed by atoms with van der Waals surface area (Å²) in [4.78, 5) is 64.3. The van der Waals surface area contributed by atoms with Crippen molar-refractivity contribution in [2.24, 2.45) is 22.9 Å². The molecule has 0 saturated carbocycles. The van der Waals surface area contributed by atoms with Crippen molar-refractivity contribution in [1.82, 2.24) is 0 Å². The van der Waals surface area contributed by atoms with E-state index in [1.54, 1.807) is 62.8 Å². The molecule has 11 rings (SSSR count). The average Bonchev–Trinajstić information content (AvgIpc) is 3.26. The molecule has 4 amide bonds. The number of carbonyl (C=O) groups excluding carboxylic acids is 4. The molecule has 0 saturated heterocycles. The molecule has 0 radical (unpaired) electrons. The summed E-state index contributed by atoms with van der Waals surface area (Å²) in [6, 6.07) is 31.7. The number of rotatable bonds is 8. The van der Waals surface area contributed by atoms with Crippen LogP contribution < -0.4 is 42.5 Å². The molecule has 0 unspecified atom stereocenters. The maximum Gasteiger partial charge on any atom is 0.228 e. The summed E-state index contributed by atoms with van der Waals surface area (Å²) < 4.78 is 0. The average molecular weight is 889 g/mol. The van der Waals surface area contributed by atoms with E-state index < -0.39 is 0 Å². The van der Waals surface area contributed by atoms with Crippen LogP contribution in [-0.2, 0) is 19.2 Å². The molecule has 4 aromatic carbocycles. The van der Waals surface area contributed by atoms with Crippen LogP contribution in [0.2, 0.25) is 0 Å². The summed E-state index contributed by atoms with van der Waals surface area (Å²) in [5.41, 5.74) is 26.4. The zero-order valence-electron chi connectivity index (χ0n) is 33.9. The first-order chi connectivity index (χ1) is 29.2. The Morgan fingerprint density at radius 1 is 0.350 bits per heavy atom.